The minimum absolute atomic E-state index is 0.102. The number of Topliss-reactive ketones (excluding diaryl/α,β-unsaturated/α-hetero) is 1. The third kappa shape index (κ3) is 3.40. The maximum absolute atomic E-state index is 13.4. The van der Waals surface area contributed by atoms with Gasteiger partial charge in [0, 0.05) is 11.3 Å². The second-order valence-electron chi connectivity index (χ2n) is 8.40. The van der Waals surface area contributed by atoms with E-state index in [1.807, 2.05) is 98.8 Å². The molecule has 1 heterocycles. The first kappa shape index (κ1) is 20.7. The number of hydrogen-bond donors (Lipinski definition) is 1. The van der Waals surface area contributed by atoms with Crippen molar-refractivity contribution < 1.29 is 14.7 Å². The summed E-state index contributed by atoms with van der Waals surface area (Å²) < 4.78 is 0. The molecule has 1 N–H and O–H groups in total. The zero-order chi connectivity index (χ0) is 23.1. The zero-order valence-electron chi connectivity index (χ0n) is 18.4. The summed E-state index contributed by atoms with van der Waals surface area (Å²) in [7, 11) is 0. The molecule has 0 bridgehead atoms. The van der Waals surface area contributed by atoms with E-state index in [-0.39, 0.29) is 11.3 Å². The summed E-state index contributed by atoms with van der Waals surface area (Å²) in [5, 5.41) is 13.3. The monoisotopic (exact) mass is 433 g/mol. The van der Waals surface area contributed by atoms with Gasteiger partial charge in [-0.05, 0) is 41.8 Å². The molecule has 1 atom stereocenters. The Bertz CT molecular complexity index is 1440. The number of aliphatic hydroxyl groups excluding tert-OH is 1. The van der Waals surface area contributed by atoms with E-state index < -0.39 is 17.7 Å². The van der Waals surface area contributed by atoms with Crippen molar-refractivity contribution in [3.63, 3.8) is 0 Å². The highest BCUT2D eigenvalue weighted by Crippen LogP contribution is 2.43. The first-order valence-electron chi connectivity index (χ1n) is 10.9. The van der Waals surface area contributed by atoms with Crippen LogP contribution < -0.4 is 4.90 Å². The summed E-state index contributed by atoms with van der Waals surface area (Å²) in [6.07, 6.45) is 0. The Morgan fingerprint density at radius 2 is 1.52 bits per heavy atom. The van der Waals surface area contributed by atoms with E-state index in [0.717, 1.165) is 27.5 Å². The quantitative estimate of drug-likeness (QED) is 0.242. The molecule has 1 amide bonds. The van der Waals surface area contributed by atoms with Crippen LogP contribution in [0.3, 0.4) is 0 Å². The highest BCUT2D eigenvalue weighted by atomic mass is 16.3. The second kappa shape index (κ2) is 8.06. The summed E-state index contributed by atoms with van der Waals surface area (Å²) in [5.74, 6) is -1.49. The van der Waals surface area contributed by atoms with Gasteiger partial charge in [0.25, 0.3) is 11.7 Å². The second-order valence-corrected chi connectivity index (χ2v) is 8.40. The molecule has 33 heavy (non-hydrogen) atoms. The fraction of sp³-hybridized carbons (Fsp3) is 0.103. The number of amides is 1. The lowest BCUT2D eigenvalue weighted by molar-refractivity contribution is -0.132. The molecule has 162 valence electrons. The maximum Gasteiger partial charge on any atom is 0.300 e. The predicted octanol–water partition coefficient (Wildman–Crippen LogP) is 6.08. The Kier molecular flexibility index (Phi) is 5.06. The third-order valence-corrected chi connectivity index (χ3v) is 6.22. The number of hydrogen-bond acceptors (Lipinski definition) is 3. The molecule has 0 aromatic heterocycles. The van der Waals surface area contributed by atoms with Crippen molar-refractivity contribution >= 4 is 33.9 Å². The molecular weight excluding hydrogens is 410 g/mol. The zero-order valence-corrected chi connectivity index (χ0v) is 18.4. The number of aliphatic hydroxyl groups is 1. The SMILES string of the molecule is Cc1cccc(C2/C(=C(/O)c3cccc4ccccc34)C(=O)C(=O)N2c2ccccc2C)c1. The van der Waals surface area contributed by atoms with E-state index in [1.54, 1.807) is 6.07 Å². The van der Waals surface area contributed by atoms with Crippen molar-refractivity contribution in [1.29, 1.82) is 0 Å². The fourth-order valence-corrected chi connectivity index (χ4v) is 4.65. The molecule has 5 rings (SSSR count). The lowest BCUT2D eigenvalue weighted by Gasteiger charge is -2.27. The Labute approximate surface area is 192 Å². The summed E-state index contributed by atoms with van der Waals surface area (Å²) in [6.45, 7) is 3.88. The number of para-hydroxylation sites is 1. The van der Waals surface area contributed by atoms with Gasteiger partial charge in [-0.15, -0.1) is 0 Å². The minimum Gasteiger partial charge on any atom is -0.507 e. The highest BCUT2D eigenvalue weighted by molar-refractivity contribution is 6.52. The molecule has 0 aliphatic carbocycles. The van der Waals surface area contributed by atoms with Crippen LogP contribution in [0.15, 0.2) is 96.6 Å². The lowest BCUT2D eigenvalue weighted by atomic mass is 9.92. The molecule has 1 saturated heterocycles. The van der Waals surface area contributed by atoms with Crippen molar-refractivity contribution in [2.45, 2.75) is 19.9 Å². The number of carbonyl (C=O) groups excluding carboxylic acids is 2. The number of carbonyl (C=O) groups is 2. The molecular formula is C29H23NO3. The van der Waals surface area contributed by atoms with Crippen LogP contribution in [0.25, 0.3) is 16.5 Å². The normalized spacial score (nSPS) is 17.6. The Hall–Kier alpha value is -4.18. The van der Waals surface area contributed by atoms with Crippen LogP contribution in [-0.2, 0) is 9.59 Å². The number of ketones is 1. The average Bonchev–Trinajstić information content (AvgIpc) is 3.09. The summed E-state index contributed by atoms with van der Waals surface area (Å²) in [6, 6.07) is 27.7. The molecule has 1 aliphatic rings. The maximum atomic E-state index is 13.4. The van der Waals surface area contributed by atoms with Crippen molar-refractivity contribution in [2.24, 2.45) is 0 Å². The van der Waals surface area contributed by atoms with Gasteiger partial charge in [0.15, 0.2) is 0 Å². The Balaban J connectivity index is 1.80. The number of aryl methyl sites for hydroxylation is 2. The third-order valence-electron chi connectivity index (χ3n) is 6.22. The minimum atomic E-state index is -0.732. The van der Waals surface area contributed by atoms with Crippen LogP contribution in [0.2, 0.25) is 0 Å². The molecule has 0 saturated carbocycles. The van der Waals surface area contributed by atoms with Gasteiger partial charge >= 0.3 is 0 Å². The molecule has 1 aliphatic heterocycles. The van der Waals surface area contributed by atoms with Gasteiger partial charge in [-0.3, -0.25) is 14.5 Å². The molecule has 4 nitrogen and oxygen atoms in total. The Morgan fingerprint density at radius 3 is 2.30 bits per heavy atom. The number of fused-ring (bicyclic) bond motifs is 1. The number of rotatable bonds is 3. The van der Waals surface area contributed by atoms with Gasteiger partial charge in [0.1, 0.15) is 5.76 Å². The molecule has 4 aromatic carbocycles. The molecule has 4 aromatic rings. The molecule has 1 unspecified atom stereocenters. The highest BCUT2D eigenvalue weighted by Gasteiger charge is 2.47. The molecule has 1 fully saturated rings. The van der Waals surface area contributed by atoms with Crippen LogP contribution in [-0.4, -0.2) is 16.8 Å². The number of benzene rings is 4. The van der Waals surface area contributed by atoms with Crippen LogP contribution in [0.1, 0.15) is 28.3 Å². The molecule has 4 heteroatoms. The van der Waals surface area contributed by atoms with Crippen LogP contribution >= 0.6 is 0 Å². The number of anilines is 1. The van der Waals surface area contributed by atoms with Gasteiger partial charge in [0.2, 0.25) is 0 Å². The van der Waals surface area contributed by atoms with Crippen molar-refractivity contribution in [2.75, 3.05) is 4.90 Å². The summed E-state index contributed by atoms with van der Waals surface area (Å²) >= 11 is 0. The van der Waals surface area contributed by atoms with Crippen LogP contribution in [0.4, 0.5) is 5.69 Å². The summed E-state index contributed by atoms with van der Waals surface area (Å²) in [5.41, 5.74) is 3.95. The first-order chi connectivity index (χ1) is 16.0. The first-order valence-corrected chi connectivity index (χ1v) is 10.9. The standard InChI is InChI=1S/C29H23NO3/c1-18-9-7-13-21(17-18)26-25(27(31)23-15-8-12-20-11-4-5-14-22(20)23)28(32)29(33)30(26)24-16-6-3-10-19(24)2/h3-17,26,31H,1-2H3/b27-25-. The predicted molar refractivity (Wildman–Crippen MR) is 131 cm³/mol. The molecule has 0 spiro atoms. The Morgan fingerprint density at radius 1 is 0.818 bits per heavy atom. The summed E-state index contributed by atoms with van der Waals surface area (Å²) in [4.78, 5) is 28.3. The fourth-order valence-electron chi connectivity index (χ4n) is 4.65. The van der Waals surface area contributed by atoms with Gasteiger partial charge in [-0.1, -0.05) is 90.5 Å². The molecule has 0 radical (unpaired) electrons. The van der Waals surface area contributed by atoms with Gasteiger partial charge < -0.3 is 5.11 Å². The van der Waals surface area contributed by atoms with Crippen LogP contribution in [0, 0.1) is 13.8 Å². The average molecular weight is 434 g/mol. The largest absolute Gasteiger partial charge is 0.507 e. The lowest BCUT2D eigenvalue weighted by Crippen LogP contribution is -2.30. The number of nitrogens with zero attached hydrogens (tertiary/aromatic N) is 1. The van der Waals surface area contributed by atoms with E-state index in [4.69, 9.17) is 0 Å². The van der Waals surface area contributed by atoms with Gasteiger partial charge in [-0.2, -0.15) is 0 Å². The van der Waals surface area contributed by atoms with Gasteiger partial charge in [-0.25, -0.2) is 0 Å². The topological polar surface area (TPSA) is 57.6 Å². The van der Waals surface area contributed by atoms with Crippen molar-refractivity contribution in [1.82, 2.24) is 0 Å². The van der Waals surface area contributed by atoms with E-state index in [1.165, 1.54) is 4.90 Å². The van der Waals surface area contributed by atoms with Crippen molar-refractivity contribution in [3.8, 4) is 0 Å². The van der Waals surface area contributed by atoms with Crippen molar-refractivity contribution in [3.05, 3.63) is 119 Å². The van der Waals surface area contributed by atoms with E-state index >= 15 is 0 Å². The smallest absolute Gasteiger partial charge is 0.300 e. The van der Waals surface area contributed by atoms with E-state index in [0.29, 0.717) is 11.3 Å². The van der Waals surface area contributed by atoms with E-state index in [2.05, 4.69) is 0 Å². The van der Waals surface area contributed by atoms with Crippen LogP contribution in [0.5, 0.6) is 0 Å². The van der Waals surface area contributed by atoms with E-state index in [9.17, 15) is 14.7 Å². The van der Waals surface area contributed by atoms with Gasteiger partial charge in [0.05, 0.1) is 11.6 Å².